The lowest BCUT2D eigenvalue weighted by atomic mass is 10.1. The van der Waals surface area contributed by atoms with Crippen LogP contribution in [0.25, 0.3) is 11.0 Å². The van der Waals surface area contributed by atoms with Crippen LogP contribution in [-0.4, -0.2) is 5.11 Å². The van der Waals surface area contributed by atoms with Gasteiger partial charge >= 0.3 is 0 Å². The molecule has 2 nitrogen and oxygen atoms in total. The number of fused-ring (bicyclic) bond motifs is 1. The van der Waals surface area contributed by atoms with Gasteiger partial charge in [-0.2, -0.15) is 0 Å². The fourth-order valence-electron chi connectivity index (χ4n) is 1.87. The van der Waals surface area contributed by atoms with Gasteiger partial charge in [0.15, 0.2) is 0 Å². The van der Waals surface area contributed by atoms with Gasteiger partial charge in [0.2, 0.25) is 0 Å². The van der Waals surface area contributed by atoms with Crippen molar-refractivity contribution >= 4 is 11.0 Å². The first-order valence-corrected chi connectivity index (χ1v) is 4.90. The minimum atomic E-state index is -0.542. The van der Waals surface area contributed by atoms with Crippen LogP contribution < -0.4 is 0 Å². The van der Waals surface area contributed by atoms with Gasteiger partial charge in [-0.3, -0.25) is 0 Å². The molecule has 0 saturated heterocycles. The van der Waals surface area contributed by atoms with Crippen molar-refractivity contribution in [3.05, 3.63) is 35.6 Å². The maximum atomic E-state index is 9.94. The van der Waals surface area contributed by atoms with Crippen molar-refractivity contribution in [3.63, 3.8) is 0 Å². The van der Waals surface area contributed by atoms with Crippen LogP contribution in [-0.2, 0) is 5.60 Å². The Labute approximate surface area is 82.2 Å². The third-order valence-corrected chi connectivity index (χ3v) is 2.90. The van der Waals surface area contributed by atoms with Gasteiger partial charge in [0, 0.05) is 5.39 Å². The molecule has 0 bridgehead atoms. The fraction of sp³-hybridized carbons (Fsp3) is 0.333. The Morgan fingerprint density at radius 1 is 1.29 bits per heavy atom. The molecule has 1 aliphatic carbocycles. The molecule has 0 unspecified atom stereocenters. The van der Waals surface area contributed by atoms with Crippen LogP contribution in [0.15, 0.2) is 28.7 Å². The van der Waals surface area contributed by atoms with Crippen LogP contribution in [0.4, 0.5) is 0 Å². The molecule has 72 valence electrons. The highest BCUT2D eigenvalue weighted by Gasteiger charge is 2.42. The lowest BCUT2D eigenvalue weighted by Crippen LogP contribution is -2.02. The van der Waals surface area contributed by atoms with E-state index in [-0.39, 0.29) is 0 Å². The molecule has 1 aromatic carbocycles. The molecule has 1 N–H and O–H groups in total. The van der Waals surface area contributed by atoms with Gasteiger partial charge < -0.3 is 9.52 Å². The maximum Gasteiger partial charge on any atom is 0.134 e. The molecule has 0 radical (unpaired) electrons. The molecular weight excluding hydrogens is 176 g/mol. The predicted octanol–water partition coefficient (Wildman–Crippen LogP) is 2.72. The van der Waals surface area contributed by atoms with E-state index in [4.69, 9.17) is 4.42 Å². The quantitative estimate of drug-likeness (QED) is 0.746. The van der Waals surface area contributed by atoms with Crippen LogP contribution in [0, 0.1) is 6.92 Å². The van der Waals surface area contributed by atoms with E-state index in [1.807, 2.05) is 31.2 Å². The van der Waals surface area contributed by atoms with Gasteiger partial charge in [-0.05, 0) is 43.5 Å². The van der Waals surface area contributed by atoms with Gasteiger partial charge in [-0.15, -0.1) is 0 Å². The maximum absolute atomic E-state index is 9.94. The molecular formula is C12H12O2. The van der Waals surface area contributed by atoms with Crippen molar-refractivity contribution in [1.29, 1.82) is 0 Å². The normalized spacial score (nSPS) is 18.7. The SMILES string of the molecule is Cc1cc2cc(C3(O)CC3)ccc2o1. The lowest BCUT2D eigenvalue weighted by molar-refractivity contribution is 0.151. The first kappa shape index (κ1) is 8.06. The Hall–Kier alpha value is -1.28. The van der Waals surface area contributed by atoms with Crippen LogP contribution in [0.5, 0.6) is 0 Å². The zero-order valence-electron chi connectivity index (χ0n) is 8.08. The van der Waals surface area contributed by atoms with Crippen molar-refractivity contribution in [2.24, 2.45) is 0 Å². The summed E-state index contributed by atoms with van der Waals surface area (Å²) in [5.74, 6) is 0.917. The van der Waals surface area contributed by atoms with Crippen molar-refractivity contribution < 1.29 is 9.52 Å². The molecule has 1 saturated carbocycles. The van der Waals surface area contributed by atoms with Crippen molar-refractivity contribution in [3.8, 4) is 0 Å². The van der Waals surface area contributed by atoms with E-state index in [1.165, 1.54) is 0 Å². The largest absolute Gasteiger partial charge is 0.461 e. The highest BCUT2D eigenvalue weighted by molar-refractivity contribution is 5.79. The topological polar surface area (TPSA) is 33.4 Å². The predicted molar refractivity (Wildman–Crippen MR) is 54.1 cm³/mol. The van der Waals surface area contributed by atoms with Gasteiger partial charge in [0.1, 0.15) is 11.3 Å². The molecule has 0 atom stereocenters. The summed E-state index contributed by atoms with van der Waals surface area (Å²) >= 11 is 0. The number of aliphatic hydroxyl groups is 1. The van der Waals surface area contributed by atoms with E-state index < -0.39 is 5.60 Å². The summed E-state index contributed by atoms with van der Waals surface area (Å²) in [4.78, 5) is 0. The molecule has 0 spiro atoms. The smallest absolute Gasteiger partial charge is 0.134 e. The highest BCUT2D eigenvalue weighted by atomic mass is 16.3. The second-order valence-corrected chi connectivity index (χ2v) is 4.14. The summed E-state index contributed by atoms with van der Waals surface area (Å²) < 4.78 is 5.47. The standard InChI is InChI=1S/C12H12O2/c1-8-6-9-7-10(12(13)4-5-12)2-3-11(9)14-8/h2-3,6-7,13H,4-5H2,1H3. The number of aryl methyl sites for hydroxylation is 1. The van der Waals surface area contributed by atoms with E-state index >= 15 is 0 Å². The second kappa shape index (κ2) is 2.39. The average molecular weight is 188 g/mol. The zero-order chi connectivity index (χ0) is 9.76. The molecule has 0 amide bonds. The number of furan rings is 1. The number of rotatable bonds is 1. The summed E-state index contributed by atoms with van der Waals surface area (Å²) in [6.07, 6.45) is 1.77. The van der Waals surface area contributed by atoms with E-state index in [1.54, 1.807) is 0 Å². The van der Waals surface area contributed by atoms with Gasteiger partial charge in [-0.1, -0.05) is 6.07 Å². The first-order valence-electron chi connectivity index (χ1n) is 4.90. The number of hydrogen-bond acceptors (Lipinski definition) is 2. The minimum absolute atomic E-state index is 0.542. The first-order chi connectivity index (χ1) is 6.67. The van der Waals surface area contributed by atoms with E-state index in [2.05, 4.69) is 0 Å². The zero-order valence-corrected chi connectivity index (χ0v) is 8.08. The van der Waals surface area contributed by atoms with E-state index in [0.29, 0.717) is 0 Å². The van der Waals surface area contributed by atoms with Gasteiger partial charge in [0.05, 0.1) is 5.60 Å². The Kier molecular flexibility index (Phi) is 1.38. The van der Waals surface area contributed by atoms with Crippen LogP contribution in [0.2, 0.25) is 0 Å². The summed E-state index contributed by atoms with van der Waals surface area (Å²) in [6, 6.07) is 7.93. The summed E-state index contributed by atoms with van der Waals surface area (Å²) in [6.45, 7) is 1.94. The van der Waals surface area contributed by atoms with Crippen molar-refractivity contribution in [1.82, 2.24) is 0 Å². The van der Waals surface area contributed by atoms with E-state index in [0.717, 1.165) is 35.1 Å². The Morgan fingerprint density at radius 2 is 2.07 bits per heavy atom. The molecule has 3 rings (SSSR count). The molecule has 1 aromatic heterocycles. The van der Waals surface area contributed by atoms with Crippen LogP contribution in [0.3, 0.4) is 0 Å². The third kappa shape index (κ3) is 1.07. The van der Waals surface area contributed by atoms with Gasteiger partial charge in [-0.25, -0.2) is 0 Å². The lowest BCUT2D eigenvalue weighted by Gasteiger charge is -2.06. The third-order valence-electron chi connectivity index (χ3n) is 2.90. The molecule has 14 heavy (non-hydrogen) atoms. The molecule has 0 aliphatic heterocycles. The van der Waals surface area contributed by atoms with Crippen molar-refractivity contribution in [2.75, 3.05) is 0 Å². The Morgan fingerprint density at radius 3 is 2.79 bits per heavy atom. The van der Waals surface area contributed by atoms with Gasteiger partial charge in [0.25, 0.3) is 0 Å². The molecule has 1 aliphatic rings. The molecule has 2 heteroatoms. The second-order valence-electron chi connectivity index (χ2n) is 4.14. The van der Waals surface area contributed by atoms with Crippen LogP contribution >= 0.6 is 0 Å². The summed E-state index contributed by atoms with van der Waals surface area (Å²) in [5.41, 5.74) is 1.38. The fourth-order valence-corrected chi connectivity index (χ4v) is 1.87. The van der Waals surface area contributed by atoms with E-state index in [9.17, 15) is 5.11 Å². The Bertz CT molecular complexity index is 492. The summed E-state index contributed by atoms with van der Waals surface area (Å²) in [7, 11) is 0. The number of benzene rings is 1. The number of hydrogen-bond donors (Lipinski definition) is 1. The Balaban J connectivity index is 2.19. The highest BCUT2D eigenvalue weighted by Crippen LogP contribution is 2.45. The average Bonchev–Trinajstić information content (AvgIpc) is 2.79. The van der Waals surface area contributed by atoms with Crippen LogP contribution in [0.1, 0.15) is 24.2 Å². The van der Waals surface area contributed by atoms with Crippen molar-refractivity contribution in [2.45, 2.75) is 25.4 Å². The minimum Gasteiger partial charge on any atom is -0.461 e. The monoisotopic (exact) mass is 188 g/mol. The summed E-state index contributed by atoms with van der Waals surface area (Å²) in [5, 5.41) is 11.0. The molecule has 1 heterocycles. The molecule has 1 fully saturated rings. The molecule has 2 aromatic rings.